The van der Waals surface area contributed by atoms with Gasteiger partial charge < -0.3 is 24.8 Å². The van der Waals surface area contributed by atoms with E-state index in [-0.39, 0.29) is 35.9 Å². The predicted molar refractivity (Wildman–Crippen MR) is 156 cm³/mol. The number of carbonyl (C=O) groups excluding carboxylic acids is 1. The molecule has 0 atom stereocenters. The van der Waals surface area contributed by atoms with Crippen LogP contribution in [-0.4, -0.2) is 45.5 Å². The second-order valence-electron chi connectivity index (χ2n) is 13.1. The lowest BCUT2D eigenvalue weighted by molar-refractivity contribution is -0.138. The second kappa shape index (κ2) is 10.1. The molecule has 7 rings (SSSR count). The molecule has 228 valence electrons. The van der Waals surface area contributed by atoms with Gasteiger partial charge in [-0.3, -0.25) is 4.79 Å². The van der Waals surface area contributed by atoms with Crippen molar-refractivity contribution in [1.82, 2.24) is 20.1 Å². The molecular weight excluding hydrogens is 557 g/mol. The zero-order valence-electron chi connectivity index (χ0n) is 24.7. The van der Waals surface area contributed by atoms with E-state index < -0.39 is 23.1 Å². The Morgan fingerprint density at radius 1 is 1.12 bits per heavy atom. The van der Waals surface area contributed by atoms with Crippen molar-refractivity contribution in [3.05, 3.63) is 70.3 Å². The molecule has 2 heterocycles. The number of hydrogen-bond acceptors (Lipinski definition) is 6. The number of nitrogens with zero attached hydrogens (tertiary/aromatic N) is 4. The molecule has 11 heteroatoms. The fourth-order valence-electron chi connectivity index (χ4n) is 6.97. The molecule has 0 saturated heterocycles. The molecule has 1 amide bonds. The Morgan fingerprint density at radius 2 is 1.88 bits per heavy atom. The molecule has 43 heavy (non-hydrogen) atoms. The van der Waals surface area contributed by atoms with Crippen LogP contribution in [0.5, 0.6) is 0 Å². The Balaban J connectivity index is 1.28. The van der Waals surface area contributed by atoms with Gasteiger partial charge in [0.05, 0.1) is 23.6 Å². The highest BCUT2D eigenvalue weighted by molar-refractivity contribution is 6.10. The smallest absolute Gasteiger partial charge is 0.382 e. The van der Waals surface area contributed by atoms with Crippen LogP contribution in [0.4, 0.5) is 24.5 Å². The van der Waals surface area contributed by atoms with Crippen molar-refractivity contribution < 1.29 is 22.7 Å². The van der Waals surface area contributed by atoms with Gasteiger partial charge in [0, 0.05) is 49.2 Å². The third kappa shape index (κ3) is 5.00. The first kappa shape index (κ1) is 28.3. The number of methoxy groups -OCH3 is 1. The van der Waals surface area contributed by atoms with Gasteiger partial charge in [-0.05, 0) is 98.9 Å². The minimum Gasteiger partial charge on any atom is -0.382 e. The van der Waals surface area contributed by atoms with Crippen LogP contribution in [0.2, 0.25) is 0 Å². The molecule has 0 unspecified atom stereocenters. The number of alkyl halides is 3. The van der Waals surface area contributed by atoms with Crippen molar-refractivity contribution >= 4 is 17.3 Å². The number of carbonyl (C=O) groups is 1. The van der Waals surface area contributed by atoms with E-state index in [4.69, 9.17) is 4.74 Å². The summed E-state index contributed by atoms with van der Waals surface area (Å²) in [6, 6.07) is 9.11. The number of ether oxygens (including phenoxy) is 1. The highest BCUT2D eigenvalue weighted by Gasteiger charge is 2.51. The maximum Gasteiger partial charge on any atom is 0.416 e. The van der Waals surface area contributed by atoms with E-state index >= 15 is 0 Å². The van der Waals surface area contributed by atoms with E-state index in [0.717, 1.165) is 49.2 Å². The monoisotopic (exact) mass is 594 g/mol. The van der Waals surface area contributed by atoms with E-state index in [0.29, 0.717) is 30.1 Å². The van der Waals surface area contributed by atoms with Crippen LogP contribution >= 0.6 is 0 Å². The van der Waals surface area contributed by atoms with Gasteiger partial charge in [0.15, 0.2) is 0 Å². The average Bonchev–Trinajstić information content (AvgIpc) is 3.54. The first-order valence-electron chi connectivity index (χ1n) is 15.1. The Kier molecular flexibility index (Phi) is 6.63. The third-order valence-electron chi connectivity index (χ3n) is 9.94. The standard InChI is InChI=1S/C32H37F3N6O2/c1-30(7-4-8-30)36-16-19-9-25-26(27(10-19)32(33,34)35)17-41(28(25)42)23-12-20(11-22(13-23)38-21-5-6-21)31(14-24(15-31)43-3)29-39-37-18-40(29)2/h9-13,18,21,24,36,38H,4-8,14-17H2,1-3H3/t24-,31+. The van der Waals surface area contributed by atoms with E-state index in [2.05, 4.69) is 33.8 Å². The molecule has 0 spiro atoms. The lowest BCUT2D eigenvalue weighted by Gasteiger charge is -2.46. The van der Waals surface area contributed by atoms with Crippen molar-refractivity contribution in [2.24, 2.45) is 7.05 Å². The molecule has 3 fully saturated rings. The van der Waals surface area contributed by atoms with Crippen LogP contribution in [0.1, 0.15) is 90.3 Å². The number of anilines is 2. The van der Waals surface area contributed by atoms with Crippen molar-refractivity contribution in [3.8, 4) is 0 Å². The van der Waals surface area contributed by atoms with E-state index in [1.54, 1.807) is 19.5 Å². The van der Waals surface area contributed by atoms with Gasteiger partial charge in [0.25, 0.3) is 5.91 Å². The summed E-state index contributed by atoms with van der Waals surface area (Å²) in [6.45, 7) is 2.23. The molecule has 3 aromatic rings. The zero-order chi connectivity index (χ0) is 30.1. The van der Waals surface area contributed by atoms with Crippen molar-refractivity contribution in [2.75, 3.05) is 17.3 Å². The third-order valence-corrected chi connectivity index (χ3v) is 9.94. The van der Waals surface area contributed by atoms with Crippen LogP contribution < -0.4 is 15.5 Å². The maximum atomic E-state index is 14.4. The summed E-state index contributed by atoms with van der Waals surface area (Å²) in [7, 11) is 3.60. The van der Waals surface area contributed by atoms with E-state index in [9.17, 15) is 18.0 Å². The number of rotatable bonds is 9. The molecule has 1 aliphatic heterocycles. The first-order chi connectivity index (χ1) is 20.5. The number of amides is 1. The van der Waals surface area contributed by atoms with Crippen LogP contribution in [0.25, 0.3) is 0 Å². The van der Waals surface area contributed by atoms with Gasteiger partial charge in [-0.15, -0.1) is 10.2 Å². The normalized spacial score (nSPS) is 24.5. The Labute approximate surface area is 249 Å². The molecular formula is C32H37F3N6O2. The van der Waals surface area contributed by atoms with Gasteiger partial charge in [0.1, 0.15) is 12.2 Å². The number of aryl methyl sites for hydroxylation is 1. The van der Waals surface area contributed by atoms with Crippen molar-refractivity contribution in [2.45, 2.75) is 94.2 Å². The maximum absolute atomic E-state index is 14.4. The molecule has 3 aliphatic carbocycles. The topological polar surface area (TPSA) is 84.3 Å². The molecule has 2 aromatic carbocycles. The number of fused-ring (bicyclic) bond motifs is 1. The van der Waals surface area contributed by atoms with Crippen LogP contribution in [0.3, 0.4) is 0 Å². The fourth-order valence-corrected chi connectivity index (χ4v) is 6.97. The SMILES string of the molecule is CO[C@H]1C[C@@](c2cc(NC3CC3)cc(N3Cc4c(cc(CNC5(C)CCC5)cc4C(F)(F)F)C3=O)c2)(c2nncn2C)C1. The summed E-state index contributed by atoms with van der Waals surface area (Å²) in [4.78, 5) is 15.4. The van der Waals surface area contributed by atoms with E-state index in [1.807, 2.05) is 23.7 Å². The van der Waals surface area contributed by atoms with Gasteiger partial charge in [-0.2, -0.15) is 13.2 Å². The number of aromatic nitrogens is 3. The highest BCUT2D eigenvalue weighted by atomic mass is 19.4. The summed E-state index contributed by atoms with van der Waals surface area (Å²) < 4.78 is 50.7. The summed E-state index contributed by atoms with van der Waals surface area (Å²) in [5.41, 5.74) is 1.68. The second-order valence-corrected chi connectivity index (χ2v) is 13.1. The lowest BCUT2D eigenvalue weighted by Crippen LogP contribution is -2.48. The molecule has 1 aromatic heterocycles. The zero-order valence-corrected chi connectivity index (χ0v) is 24.7. The molecule has 0 radical (unpaired) electrons. The summed E-state index contributed by atoms with van der Waals surface area (Å²) in [5.74, 6) is 0.380. The largest absolute Gasteiger partial charge is 0.416 e. The quantitative estimate of drug-likeness (QED) is 0.331. The molecule has 4 aliphatic rings. The molecule has 8 nitrogen and oxygen atoms in total. The van der Waals surface area contributed by atoms with Crippen LogP contribution in [-0.2, 0) is 36.5 Å². The molecule has 0 bridgehead atoms. The fraction of sp³-hybridized carbons (Fsp3) is 0.531. The van der Waals surface area contributed by atoms with Gasteiger partial charge in [-0.25, -0.2) is 0 Å². The summed E-state index contributed by atoms with van der Waals surface area (Å²) >= 11 is 0. The number of nitrogens with one attached hydrogen (secondary N) is 2. The minimum atomic E-state index is -4.58. The Hall–Kier alpha value is -3.44. The number of halogens is 3. The van der Waals surface area contributed by atoms with E-state index in [1.165, 1.54) is 11.0 Å². The van der Waals surface area contributed by atoms with Crippen LogP contribution in [0, 0.1) is 0 Å². The molecule has 2 N–H and O–H groups in total. The Bertz CT molecular complexity index is 1570. The number of benzene rings is 2. The van der Waals surface area contributed by atoms with Crippen molar-refractivity contribution in [3.63, 3.8) is 0 Å². The molecule has 3 saturated carbocycles. The van der Waals surface area contributed by atoms with Gasteiger partial charge in [-0.1, -0.05) is 0 Å². The summed E-state index contributed by atoms with van der Waals surface area (Å²) in [5, 5.41) is 15.5. The van der Waals surface area contributed by atoms with Crippen LogP contribution in [0.15, 0.2) is 36.7 Å². The highest BCUT2D eigenvalue weighted by Crippen LogP contribution is 2.51. The van der Waals surface area contributed by atoms with Gasteiger partial charge >= 0.3 is 6.18 Å². The lowest BCUT2D eigenvalue weighted by atomic mass is 9.61. The average molecular weight is 595 g/mol. The number of hydrogen-bond donors (Lipinski definition) is 2. The van der Waals surface area contributed by atoms with Gasteiger partial charge in [0.2, 0.25) is 0 Å². The first-order valence-corrected chi connectivity index (χ1v) is 15.1. The van der Waals surface area contributed by atoms with Crippen molar-refractivity contribution in [1.29, 1.82) is 0 Å². The summed E-state index contributed by atoms with van der Waals surface area (Å²) in [6.07, 6.45) is 3.70. The minimum absolute atomic E-state index is 0.0318. The Morgan fingerprint density at radius 3 is 2.49 bits per heavy atom. The predicted octanol–water partition coefficient (Wildman–Crippen LogP) is 5.70.